The van der Waals surface area contributed by atoms with Crippen molar-refractivity contribution in [3.63, 3.8) is 0 Å². The summed E-state index contributed by atoms with van der Waals surface area (Å²) in [4.78, 5) is 23.3. The number of aromatic nitrogens is 2. The molecule has 8 nitrogen and oxygen atoms in total. The molecule has 190 valence electrons. The number of rotatable bonds is 8. The molecule has 1 aliphatic rings. The molecule has 1 unspecified atom stereocenters. The summed E-state index contributed by atoms with van der Waals surface area (Å²) in [6.07, 6.45) is 2.17. The van der Waals surface area contributed by atoms with Crippen LogP contribution < -0.4 is 15.0 Å². The van der Waals surface area contributed by atoms with Gasteiger partial charge < -0.3 is 20.1 Å². The van der Waals surface area contributed by atoms with Crippen molar-refractivity contribution in [3.8, 4) is 5.75 Å². The molecular formula is C25H26ClF2N5O3. The second-order valence-corrected chi connectivity index (χ2v) is 9.13. The van der Waals surface area contributed by atoms with Crippen LogP contribution in [0.1, 0.15) is 18.4 Å². The topological polar surface area (TPSA) is 90.8 Å². The Morgan fingerprint density at radius 3 is 2.83 bits per heavy atom. The molecule has 0 radical (unpaired) electrons. The summed E-state index contributed by atoms with van der Waals surface area (Å²) >= 11 is 5.92. The Hall–Kier alpha value is -3.50. The molecule has 1 amide bonds. The van der Waals surface area contributed by atoms with Crippen molar-refractivity contribution in [2.75, 3.05) is 37.0 Å². The van der Waals surface area contributed by atoms with Crippen LogP contribution in [0.5, 0.6) is 5.75 Å². The van der Waals surface area contributed by atoms with E-state index in [1.54, 1.807) is 6.07 Å². The summed E-state index contributed by atoms with van der Waals surface area (Å²) in [6, 6.07) is 9.68. The maximum atomic E-state index is 14.7. The molecule has 0 saturated carbocycles. The first-order valence-corrected chi connectivity index (χ1v) is 11.8. The van der Waals surface area contributed by atoms with Crippen LogP contribution >= 0.6 is 11.6 Å². The molecule has 36 heavy (non-hydrogen) atoms. The molecule has 0 aliphatic carbocycles. The molecular weight excluding hydrogens is 492 g/mol. The fraction of sp³-hybridized carbons (Fsp3) is 0.320. The second kappa shape index (κ2) is 11.5. The number of anilines is 3. The molecule has 0 bridgehead atoms. The predicted molar refractivity (Wildman–Crippen MR) is 133 cm³/mol. The highest BCUT2D eigenvalue weighted by atomic mass is 35.5. The lowest BCUT2D eigenvalue weighted by Crippen LogP contribution is -2.34. The molecule has 2 heterocycles. The fourth-order valence-corrected chi connectivity index (χ4v) is 4.28. The number of hydrogen-bond acceptors (Lipinski definition) is 6. The average Bonchev–Trinajstić information content (AvgIpc) is 2.84. The minimum absolute atomic E-state index is 0.0113. The summed E-state index contributed by atoms with van der Waals surface area (Å²) < 4.78 is 34.5. The number of halogens is 3. The molecule has 1 aliphatic heterocycles. The normalized spacial score (nSPS) is 15.9. The number of carboxylic acid groups (broad SMARTS) is 1. The lowest BCUT2D eigenvalue weighted by Gasteiger charge is -2.29. The van der Waals surface area contributed by atoms with Crippen LogP contribution in [-0.4, -0.2) is 52.8 Å². The van der Waals surface area contributed by atoms with E-state index in [0.717, 1.165) is 30.8 Å². The van der Waals surface area contributed by atoms with Crippen LogP contribution in [0.2, 0.25) is 5.02 Å². The Balaban J connectivity index is 1.44. The van der Waals surface area contributed by atoms with Crippen molar-refractivity contribution in [1.82, 2.24) is 14.9 Å². The molecule has 1 atom stereocenters. The van der Waals surface area contributed by atoms with E-state index in [1.165, 1.54) is 42.6 Å². The third-order valence-corrected chi connectivity index (χ3v) is 6.10. The summed E-state index contributed by atoms with van der Waals surface area (Å²) in [5, 5.41) is 12.8. The minimum atomic E-state index is -1.34. The van der Waals surface area contributed by atoms with Crippen molar-refractivity contribution in [2.24, 2.45) is 5.92 Å². The van der Waals surface area contributed by atoms with Crippen molar-refractivity contribution in [3.05, 3.63) is 70.9 Å². The maximum Gasteiger partial charge on any atom is 0.413 e. The van der Waals surface area contributed by atoms with Gasteiger partial charge in [-0.3, -0.25) is 4.90 Å². The van der Waals surface area contributed by atoms with Gasteiger partial charge in [0, 0.05) is 41.0 Å². The number of nitrogens with one attached hydrogen (secondary N) is 1. The molecule has 1 fully saturated rings. The standard InChI is InChI=1S/C25H26ClF2N5O3/c1-32-10-2-3-16(13-32)15-36-22-7-5-19(12-21(22)28)30-24-29-9-8-23(31-24)33(25(34)35)14-17-11-18(26)4-6-20(17)27/h4-9,11-12,16H,2-3,10,13-15H2,1H3,(H,34,35)(H,29,30,31). The van der Waals surface area contributed by atoms with Gasteiger partial charge in [0.05, 0.1) is 13.2 Å². The molecule has 0 spiro atoms. The molecule has 1 saturated heterocycles. The SMILES string of the molecule is CN1CCCC(COc2ccc(Nc3nccc(N(Cc4cc(Cl)ccc4F)C(=O)O)n3)cc2F)C1. The number of piperidine rings is 1. The number of nitrogens with zero attached hydrogens (tertiary/aromatic N) is 4. The van der Waals surface area contributed by atoms with Crippen molar-refractivity contribution < 1.29 is 23.4 Å². The van der Waals surface area contributed by atoms with Gasteiger partial charge in [-0.2, -0.15) is 4.98 Å². The number of amides is 1. The van der Waals surface area contributed by atoms with Crippen LogP contribution in [0.15, 0.2) is 48.7 Å². The summed E-state index contributed by atoms with van der Waals surface area (Å²) in [6.45, 7) is 2.12. The number of carbonyl (C=O) groups is 1. The van der Waals surface area contributed by atoms with E-state index in [0.29, 0.717) is 18.2 Å². The number of ether oxygens (including phenoxy) is 1. The van der Waals surface area contributed by atoms with Crippen LogP contribution in [0.3, 0.4) is 0 Å². The highest BCUT2D eigenvalue weighted by Gasteiger charge is 2.20. The Labute approximate surface area is 212 Å². The van der Waals surface area contributed by atoms with E-state index in [1.807, 2.05) is 0 Å². The predicted octanol–water partition coefficient (Wildman–Crippen LogP) is 5.56. The highest BCUT2D eigenvalue weighted by Crippen LogP contribution is 2.26. The Bertz CT molecular complexity index is 1230. The first-order valence-electron chi connectivity index (χ1n) is 11.4. The van der Waals surface area contributed by atoms with Crippen LogP contribution in [0.25, 0.3) is 0 Å². The zero-order valence-electron chi connectivity index (χ0n) is 19.6. The van der Waals surface area contributed by atoms with Crippen LogP contribution in [0, 0.1) is 17.6 Å². The lowest BCUT2D eigenvalue weighted by atomic mass is 10.00. The van der Waals surface area contributed by atoms with Gasteiger partial charge >= 0.3 is 6.09 Å². The molecule has 2 aromatic carbocycles. The van der Waals surface area contributed by atoms with Crippen molar-refractivity contribution in [1.29, 1.82) is 0 Å². The molecule has 3 aromatic rings. The van der Waals surface area contributed by atoms with Gasteiger partial charge in [0.25, 0.3) is 0 Å². The summed E-state index contributed by atoms with van der Waals surface area (Å²) in [5.74, 6) is -0.560. The summed E-state index contributed by atoms with van der Waals surface area (Å²) in [5.41, 5.74) is 0.452. The Morgan fingerprint density at radius 2 is 2.08 bits per heavy atom. The highest BCUT2D eigenvalue weighted by molar-refractivity contribution is 6.30. The van der Waals surface area contributed by atoms with Gasteiger partial charge in [0.1, 0.15) is 11.6 Å². The Morgan fingerprint density at radius 1 is 1.25 bits per heavy atom. The average molecular weight is 518 g/mol. The van der Waals surface area contributed by atoms with Crippen molar-refractivity contribution >= 4 is 35.1 Å². The third kappa shape index (κ3) is 6.58. The largest absolute Gasteiger partial charge is 0.490 e. The maximum absolute atomic E-state index is 14.7. The smallest absolute Gasteiger partial charge is 0.413 e. The second-order valence-electron chi connectivity index (χ2n) is 8.69. The fourth-order valence-electron chi connectivity index (χ4n) is 4.08. The van der Waals surface area contributed by atoms with Gasteiger partial charge in [-0.15, -0.1) is 0 Å². The summed E-state index contributed by atoms with van der Waals surface area (Å²) in [7, 11) is 2.07. The van der Waals surface area contributed by atoms with E-state index >= 15 is 0 Å². The number of hydrogen-bond donors (Lipinski definition) is 2. The lowest BCUT2D eigenvalue weighted by molar-refractivity contribution is 0.147. The molecule has 2 N–H and O–H groups in total. The first-order chi connectivity index (χ1) is 17.3. The first kappa shape index (κ1) is 25.6. The Kier molecular flexibility index (Phi) is 8.17. The molecule has 4 rings (SSSR count). The van der Waals surface area contributed by atoms with Crippen molar-refractivity contribution in [2.45, 2.75) is 19.4 Å². The van der Waals surface area contributed by atoms with E-state index in [-0.39, 0.29) is 34.6 Å². The zero-order chi connectivity index (χ0) is 25.7. The van der Waals surface area contributed by atoms with Gasteiger partial charge in [-0.25, -0.2) is 18.6 Å². The number of likely N-dealkylation sites (tertiary alicyclic amines) is 1. The zero-order valence-corrected chi connectivity index (χ0v) is 20.4. The minimum Gasteiger partial charge on any atom is -0.490 e. The van der Waals surface area contributed by atoms with Crippen LogP contribution in [0.4, 0.5) is 31.0 Å². The van der Waals surface area contributed by atoms with Crippen LogP contribution in [-0.2, 0) is 6.54 Å². The van der Waals surface area contributed by atoms with Gasteiger partial charge in [-0.05, 0) is 62.8 Å². The third-order valence-electron chi connectivity index (χ3n) is 5.87. The van der Waals surface area contributed by atoms with Gasteiger partial charge in [-0.1, -0.05) is 11.6 Å². The van der Waals surface area contributed by atoms with E-state index in [4.69, 9.17) is 16.3 Å². The van der Waals surface area contributed by atoms with Gasteiger partial charge in [0.2, 0.25) is 5.95 Å². The quantitative estimate of drug-likeness (QED) is 0.404. The van der Waals surface area contributed by atoms with E-state index in [2.05, 4.69) is 27.2 Å². The van der Waals surface area contributed by atoms with E-state index in [9.17, 15) is 18.7 Å². The molecule has 1 aromatic heterocycles. The van der Waals surface area contributed by atoms with E-state index < -0.39 is 17.7 Å². The monoisotopic (exact) mass is 517 g/mol. The van der Waals surface area contributed by atoms with Gasteiger partial charge in [0.15, 0.2) is 11.6 Å². The molecule has 11 heteroatoms. The number of benzene rings is 2.